The zero-order valence-corrected chi connectivity index (χ0v) is 14.4. The van der Waals surface area contributed by atoms with Gasteiger partial charge in [0.15, 0.2) is 0 Å². The van der Waals surface area contributed by atoms with Gasteiger partial charge in [-0.25, -0.2) is 4.79 Å². The molecular weight excluding hydrogens is 290 g/mol. The van der Waals surface area contributed by atoms with Crippen molar-refractivity contribution < 1.29 is 9.53 Å². The molecule has 1 aliphatic carbocycles. The number of aryl methyl sites for hydroxylation is 1. The highest BCUT2D eigenvalue weighted by atomic mass is 16.5. The van der Waals surface area contributed by atoms with Gasteiger partial charge in [-0.05, 0) is 42.9 Å². The van der Waals surface area contributed by atoms with Gasteiger partial charge in [0.2, 0.25) is 0 Å². The number of carbonyl (C=O) groups excluding carboxylic acids is 1. The van der Waals surface area contributed by atoms with Crippen LogP contribution in [-0.4, -0.2) is 54.6 Å². The van der Waals surface area contributed by atoms with Gasteiger partial charge in [0.05, 0.1) is 13.2 Å². The van der Waals surface area contributed by atoms with E-state index in [-0.39, 0.29) is 11.4 Å². The number of ether oxygens (including phenoxy) is 1. The summed E-state index contributed by atoms with van der Waals surface area (Å²) in [6.07, 6.45) is 7.33. The average molecular weight is 317 g/mol. The first-order chi connectivity index (χ1) is 11.0. The maximum Gasteiger partial charge on any atom is 0.319 e. The molecule has 2 atom stereocenters. The molecule has 1 saturated heterocycles. The summed E-state index contributed by atoms with van der Waals surface area (Å²) in [6, 6.07) is 2.14. The van der Waals surface area contributed by atoms with Crippen LogP contribution in [-0.2, 0) is 11.3 Å². The molecule has 0 unspecified atom stereocenters. The van der Waals surface area contributed by atoms with Crippen LogP contribution in [0.25, 0.3) is 0 Å². The average Bonchev–Trinajstić information content (AvgIpc) is 3.05. The van der Waals surface area contributed by atoms with E-state index < -0.39 is 0 Å². The van der Waals surface area contributed by atoms with E-state index in [0.29, 0.717) is 12.5 Å². The highest BCUT2D eigenvalue weighted by Crippen LogP contribution is 2.49. The van der Waals surface area contributed by atoms with Gasteiger partial charge in [0, 0.05) is 45.0 Å². The SMILES string of the molecule is Cc1ccncc1COC[C@]12CCC[C@H]1CN(C(=O)N(C)C)C2. The number of fused-ring (bicyclic) bond motifs is 1. The van der Waals surface area contributed by atoms with E-state index in [2.05, 4.69) is 11.9 Å². The molecule has 5 heteroatoms. The van der Waals surface area contributed by atoms with E-state index in [0.717, 1.165) is 25.3 Å². The molecule has 1 saturated carbocycles. The fourth-order valence-electron chi connectivity index (χ4n) is 4.09. The number of pyridine rings is 1. The summed E-state index contributed by atoms with van der Waals surface area (Å²) in [5.74, 6) is 0.585. The summed E-state index contributed by atoms with van der Waals surface area (Å²) >= 11 is 0. The third-order valence-corrected chi connectivity index (χ3v) is 5.49. The molecule has 2 fully saturated rings. The number of nitrogens with zero attached hydrogens (tertiary/aromatic N) is 3. The second-order valence-corrected chi connectivity index (χ2v) is 7.30. The van der Waals surface area contributed by atoms with Gasteiger partial charge in [0.1, 0.15) is 0 Å². The summed E-state index contributed by atoms with van der Waals surface area (Å²) in [4.78, 5) is 20.1. The molecule has 2 amide bonds. The van der Waals surface area contributed by atoms with Gasteiger partial charge in [-0.3, -0.25) is 4.98 Å². The summed E-state index contributed by atoms with van der Waals surface area (Å²) in [7, 11) is 3.65. The Labute approximate surface area is 138 Å². The molecule has 1 aromatic heterocycles. The Morgan fingerprint density at radius 3 is 3.09 bits per heavy atom. The molecule has 23 heavy (non-hydrogen) atoms. The first kappa shape index (κ1) is 16.2. The zero-order chi connectivity index (χ0) is 16.4. The molecule has 1 aliphatic heterocycles. The van der Waals surface area contributed by atoms with Crippen molar-refractivity contribution >= 4 is 6.03 Å². The van der Waals surface area contributed by atoms with Gasteiger partial charge in [-0.2, -0.15) is 0 Å². The van der Waals surface area contributed by atoms with E-state index >= 15 is 0 Å². The number of hydrogen-bond donors (Lipinski definition) is 0. The van der Waals surface area contributed by atoms with Crippen LogP contribution in [0.3, 0.4) is 0 Å². The standard InChI is InChI=1S/C18H27N3O2/c1-14-6-8-19-9-15(14)11-23-13-18-7-4-5-16(18)10-21(12-18)17(22)20(2)3/h6,8-9,16H,4-5,7,10-13H2,1-3H3/t16-,18+/m0/s1. The van der Waals surface area contributed by atoms with E-state index in [4.69, 9.17) is 4.74 Å². The van der Waals surface area contributed by atoms with Crippen molar-refractivity contribution in [3.8, 4) is 0 Å². The van der Waals surface area contributed by atoms with Gasteiger partial charge in [-0.1, -0.05) is 6.42 Å². The van der Waals surface area contributed by atoms with E-state index in [1.54, 1.807) is 4.90 Å². The lowest BCUT2D eigenvalue weighted by molar-refractivity contribution is 0.0274. The first-order valence-electron chi connectivity index (χ1n) is 8.45. The van der Waals surface area contributed by atoms with Crippen molar-refractivity contribution in [1.82, 2.24) is 14.8 Å². The predicted octanol–water partition coefficient (Wildman–Crippen LogP) is 2.69. The largest absolute Gasteiger partial charge is 0.376 e. The van der Waals surface area contributed by atoms with Crippen molar-refractivity contribution in [2.75, 3.05) is 33.8 Å². The topological polar surface area (TPSA) is 45.7 Å². The molecule has 126 valence electrons. The number of urea groups is 1. The normalized spacial score (nSPS) is 26.4. The molecule has 3 rings (SSSR count). The maximum absolute atomic E-state index is 12.3. The number of aromatic nitrogens is 1. The van der Waals surface area contributed by atoms with Gasteiger partial charge in [-0.15, -0.1) is 0 Å². The van der Waals surface area contributed by atoms with Gasteiger partial charge < -0.3 is 14.5 Å². The second-order valence-electron chi connectivity index (χ2n) is 7.30. The summed E-state index contributed by atoms with van der Waals surface area (Å²) < 4.78 is 6.09. The number of rotatable bonds is 4. The summed E-state index contributed by atoms with van der Waals surface area (Å²) in [5, 5.41) is 0. The summed E-state index contributed by atoms with van der Waals surface area (Å²) in [5.41, 5.74) is 2.52. The van der Waals surface area contributed by atoms with E-state index in [1.165, 1.54) is 24.8 Å². The Balaban J connectivity index is 1.61. The Morgan fingerprint density at radius 1 is 1.52 bits per heavy atom. The van der Waals surface area contributed by atoms with Gasteiger partial charge >= 0.3 is 6.03 Å². The smallest absolute Gasteiger partial charge is 0.319 e. The fourth-order valence-corrected chi connectivity index (χ4v) is 4.09. The minimum atomic E-state index is 0.127. The summed E-state index contributed by atoms with van der Waals surface area (Å²) in [6.45, 7) is 5.15. The molecule has 5 nitrogen and oxygen atoms in total. The van der Waals surface area contributed by atoms with Crippen molar-refractivity contribution in [2.24, 2.45) is 11.3 Å². The van der Waals surface area contributed by atoms with Gasteiger partial charge in [0.25, 0.3) is 0 Å². The molecule has 0 aromatic carbocycles. The van der Waals surface area contributed by atoms with Crippen LogP contribution in [0.15, 0.2) is 18.5 Å². The Hall–Kier alpha value is -1.62. The van der Waals surface area contributed by atoms with Crippen molar-refractivity contribution in [3.63, 3.8) is 0 Å². The van der Waals surface area contributed by atoms with Crippen LogP contribution in [0.5, 0.6) is 0 Å². The monoisotopic (exact) mass is 317 g/mol. The van der Waals surface area contributed by atoms with Crippen molar-refractivity contribution in [2.45, 2.75) is 32.8 Å². The number of carbonyl (C=O) groups is 1. The molecule has 0 bridgehead atoms. The molecule has 0 N–H and O–H groups in total. The maximum atomic E-state index is 12.3. The number of hydrogen-bond acceptors (Lipinski definition) is 3. The van der Waals surface area contributed by atoms with E-state index in [1.807, 2.05) is 37.5 Å². The molecule has 0 radical (unpaired) electrons. The molecule has 2 aliphatic rings. The van der Waals surface area contributed by atoms with Crippen LogP contribution < -0.4 is 0 Å². The number of likely N-dealkylation sites (tertiary alicyclic amines) is 1. The highest BCUT2D eigenvalue weighted by Gasteiger charge is 2.50. The van der Waals surface area contributed by atoms with Crippen molar-refractivity contribution in [1.29, 1.82) is 0 Å². The fraction of sp³-hybridized carbons (Fsp3) is 0.667. The lowest BCUT2D eigenvalue weighted by Crippen LogP contribution is -2.40. The van der Waals surface area contributed by atoms with Crippen LogP contribution in [0.2, 0.25) is 0 Å². The third kappa shape index (κ3) is 3.20. The molecular formula is C18H27N3O2. The Morgan fingerprint density at radius 2 is 2.35 bits per heavy atom. The zero-order valence-electron chi connectivity index (χ0n) is 14.4. The van der Waals surface area contributed by atoms with Crippen molar-refractivity contribution in [3.05, 3.63) is 29.6 Å². The van der Waals surface area contributed by atoms with Crippen LogP contribution >= 0.6 is 0 Å². The van der Waals surface area contributed by atoms with Crippen LogP contribution in [0, 0.1) is 18.3 Å². The predicted molar refractivity (Wildman–Crippen MR) is 89.1 cm³/mol. The Kier molecular flexibility index (Phi) is 4.57. The minimum Gasteiger partial charge on any atom is -0.376 e. The molecule has 0 spiro atoms. The quantitative estimate of drug-likeness (QED) is 0.858. The second kappa shape index (κ2) is 6.48. The lowest BCUT2D eigenvalue weighted by atomic mass is 9.81. The lowest BCUT2D eigenvalue weighted by Gasteiger charge is -2.29. The van der Waals surface area contributed by atoms with Crippen LogP contribution in [0.1, 0.15) is 30.4 Å². The minimum absolute atomic E-state index is 0.127. The van der Waals surface area contributed by atoms with E-state index in [9.17, 15) is 4.79 Å². The molecule has 2 heterocycles. The molecule has 1 aromatic rings. The Bertz CT molecular complexity index is 575. The number of amides is 2. The van der Waals surface area contributed by atoms with Crippen LogP contribution in [0.4, 0.5) is 4.79 Å². The third-order valence-electron chi connectivity index (χ3n) is 5.49. The first-order valence-corrected chi connectivity index (χ1v) is 8.45. The highest BCUT2D eigenvalue weighted by molar-refractivity contribution is 5.74.